The second-order valence-corrected chi connectivity index (χ2v) is 7.00. The lowest BCUT2D eigenvalue weighted by Gasteiger charge is -2.50. The number of oxime groups is 1. The average Bonchev–Trinajstić information content (AvgIpc) is 2.46. The molecule has 3 heteroatoms. The van der Waals surface area contributed by atoms with Crippen molar-refractivity contribution in [3.8, 4) is 5.75 Å². The summed E-state index contributed by atoms with van der Waals surface area (Å²) >= 11 is 0. The number of fused-ring (bicyclic) bond motifs is 3. The second kappa shape index (κ2) is 5.36. The molecule has 0 bridgehead atoms. The lowest BCUT2D eigenvalue weighted by atomic mass is 9.54. The number of phenolic OH excluding ortho intramolecular Hbond substituents is 1. The van der Waals surface area contributed by atoms with E-state index >= 15 is 0 Å². The van der Waals surface area contributed by atoms with Crippen LogP contribution in [0.1, 0.15) is 56.6 Å². The maximum absolute atomic E-state index is 9.69. The second-order valence-electron chi connectivity index (χ2n) is 7.00. The van der Waals surface area contributed by atoms with Gasteiger partial charge in [-0.05, 0) is 66.7 Å². The molecule has 2 N–H and O–H groups in total. The highest BCUT2D eigenvalue weighted by Gasteiger charge is 2.46. The van der Waals surface area contributed by atoms with Crippen molar-refractivity contribution in [2.45, 2.75) is 51.9 Å². The van der Waals surface area contributed by atoms with Gasteiger partial charge in [0.25, 0.3) is 0 Å². The highest BCUT2D eigenvalue weighted by molar-refractivity contribution is 5.65. The van der Waals surface area contributed by atoms with Gasteiger partial charge in [0.1, 0.15) is 5.75 Å². The molecule has 114 valence electrons. The van der Waals surface area contributed by atoms with Crippen LogP contribution in [-0.2, 0) is 6.42 Å². The minimum atomic E-state index is 0.0130. The summed E-state index contributed by atoms with van der Waals surface area (Å²) in [5.41, 5.74) is 2.77. The zero-order chi connectivity index (χ0) is 15.0. The number of benzene rings is 1. The van der Waals surface area contributed by atoms with E-state index in [1.165, 1.54) is 17.5 Å². The zero-order valence-corrected chi connectivity index (χ0v) is 12.9. The highest BCUT2D eigenvalue weighted by atomic mass is 16.4. The van der Waals surface area contributed by atoms with Gasteiger partial charge in [0.05, 0.1) is 0 Å². The molecule has 1 fully saturated rings. The van der Waals surface area contributed by atoms with Crippen LogP contribution in [0.3, 0.4) is 0 Å². The van der Waals surface area contributed by atoms with Crippen molar-refractivity contribution in [3.05, 3.63) is 29.3 Å². The molecule has 0 saturated heterocycles. The Labute approximate surface area is 126 Å². The van der Waals surface area contributed by atoms with Crippen molar-refractivity contribution in [2.75, 3.05) is 0 Å². The Morgan fingerprint density at radius 2 is 2.19 bits per heavy atom. The average molecular weight is 287 g/mol. The molecular formula is C18H25NO2. The van der Waals surface area contributed by atoms with Gasteiger partial charge in [0, 0.05) is 11.6 Å². The zero-order valence-electron chi connectivity index (χ0n) is 12.9. The van der Waals surface area contributed by atoms with Crippen molar-refractivity contribution in [3.63, 3.8) is 0 Å². The maximum Gasteiger partial charge on any atom is 0.115 e. The predicted molar refractivity (Wildman–Crippen MR) is 84.1 cm³/mol. The summed E-state index contributed by atoms with van der Waals surface area (Å²) in [5.74, 6) is 2.20. The molecule has 3 rings (SSSR count). The van der Waals surface area contributed by atoms with Gasteiger partial charge < -0.3 is 10.3 Å². The lowest BCUT2D eigenvalue weighted by Crippen LogP contribution is -2.43. The van der Waals surface area contributed by atoms with Crippen molar-refractivity contribution in [1.29, 1.82) is 0 Å². The van der Waals surface area contributed by atoms with Gasteiger partial charge in [-0.1, -0.05) is 26.3 Å². The van der Waals surface area contributed by atoms with E-state index in [0.717, 1.165) is 25.7 Å². The van der Waals surface area contributed by atoms with Crippen LogP contribution in [0.25, 0.3) is 0 Å². The Hall–Kier alpha value is -1.51. The van der Waals surface area contributed by atoms with E-state index in [1.54, 1.807) is 6.21 Å². The third-order valence-corrected chi connectivity index (χ3v) is 5.94. The number of rotatable bonds is 2. The Balaban J connectivity index is 1.96. The Kier molecular flexibility index (Phi) is 3.68. The van der Waals surface area contributed by atoms with Gasteiger partial charge in [-0.25, -0.2) is 0 Å². The molecule has 2 aliphatic carbocycles. The first-order chi connectivity index (χ1) is 10.1. The fraction of sp³-hybridized carbons (Fsp3) is 0.611. The fourth-order valence-electron chi connectivity index (χ4n) is 4.98. The molecule has 0 aliphatic heterocycles. The number of aryl methyl sites for hydroxylation is 1. The summed E-state index contributed by atoms with van der Waals surface area (Å²) in [4.78, 5) is 0. The first-order valence-corrected chi connectivity index (χ1v) is 8.09. The monoisotopic (exact) mass is 287 g/mol. The fourth-order valence-corrected chi connectivity index (χ4v) is 4.98. The van der Waals surface area contributed by atoms with Gasteiger partial charge in [-0.2, -0.15) is 0 Å². The number of hydrogen-bond acceptors (Lipinski definition) is 3. The molecule has 1 aromatic carbocycles. The van der Waals surface area contributed by atoms with E-state index in [0.29, 0.717) is 23.5 Å². The summed E-state index contributed by atoms with van der Waals surface area (Å²) in [6, 6.07) is 5.89. The highest BCUT2D eigenvalue weighted by Crippen LogP contribution is 2.55. The summed E-state index contributed by atoms with van der Waals surface area (Å²) in [6.45, 7) is 4.49. The van der Waals surface area contributed by atoms with Crippen LogP contribution in [0.15, 0.2) is 23.4 Å². The Morgan fingerprint density at radius 1 is 1.38 bits per heavy atom. The van der Waals surface area contributed by atoms with Gasteiger partial charge >= 0.3 is 0 Å². The van der Waals surface area contributed by atoms with E-state index in [-0.39, 0.29) is 5.41 Å². The Morgan fingerprint density at radius 3 is 2.90 bits per heavy atom. The van der Waals surface area contributed by atoms with Crippen LogP contribution < -0.4 is 0 Å². The molecule has 1 saturated carbocycles. The smallest absolute Gasteiger partial charge is 0.115 e. The standard InChI is InChI=1S/C18H25NO2/c1-3-17-16-6-4-12-10-13(20)5-7-14(12)15(16)8-9-18(17,2)11-19-21/h5,7,10-11,15-17,20-21H,3-4,6,8-9H2,1-2H3/b19-11+/t15-,16-,17+,18+/m1/s1. The summed E-state index contributed by atoms with van der Waals surface area (Å²) < 4.78 is 0. The van der Waals surface area contributed by atoms with Gasteiger partial charge in [-0.3, -0.25) is 0 Å². The first-order valence-electron chi connectivity index (χ1n) is 8.09. The van der Waals surface area contributed by atoms with Crippen LogP contribution in [0.5, 0.6) is 5.75 Å². The number of phenols is 1. The summed E-state index contributed by atoms with van der Waals surface area (Å²) in [7, 11) is 0. The van der Waals surface area contributed by atoms with E-state index in [4.69, 9.17) is 5.21 Å². The Bertz CT molecular complexity index is 554. The number of nitrogens with zero attached hydrogens (tertiary/aromatic N) is 1. The van der Waals surface area contributed by atoms with Crippen LogP contribution in [0.2, 0.25) is 0 Å². The molecule has 0 aromatic heterocycles. The molecule has 0 amide bonds. The topological polar surface area (TPSA) is 52.8 Å². The van der Waals surface area contributed by atoms with Gasteiger partial charge in [0.2, 0.25) is 0 Å². The predicted octanol–water partition coefficient (Wildman–Crippen LogP) is 4.32. The molecule has 21 heavy (non-hydrogen) atoms. The minimum Gasteiger partial charge on any atom is -0.508 e. The lowest BCUT2D eigenvalue weighted by molar-refractivity contribution is 0.0808. The SMILES string of the molecule is CC[C@H]1[C@@H]2CCc3cc(O)ccc3[C@H]2CC[C@@]1(C)/C=N/O. The van der Waals surface area contributed by atoms with Crippen molar-refractivity contribution < 1.29 is 10.3 Å². The maximum atomic E-state index is 9.69. The molecule has 2 aliphatic rings. The van der Waals surface area contributed by atoms with E-state index in [1.807, 2.05) is 12.1 Å². The van der Waals surface area contributed by atoms with Crippen LogP contribution in [0, 0.1) is 17.3 Å². The minimum absolute atomic E-state index is 0.0130. The molecule has 0 radical (unpaired) electrons. The third kappa shape index (κ3) is 2.33. The molecule has 0 unspecified atom stereocenters. The molecule has 1 aromatic rings. The largest absolute Gasteiger partial charge is 0.508 e. The van der Waals surface area contributed by atoms with Gasteiger partial charge in [-0.15, -0.1) is 5.16 Å². The molecule has 3 nitrogen and oxygen atoms in total. The molecule has 4 atom stereocenters. The van der Waals surface area contributed by atoms with Crippen molar-refractivity contribution in [2.24, 2.45) is 22.4 Å². The van der Waals surface area contributed by atoms with Crippen molar-refractivity contribution >= 4 is 6.21 Å². The van der Waals surface area contributed by atoms with E-state index in [9.17, 15) is 5.11 Å². The molecular weight excluding hydrogens is 262 g/mol. The van der Waals surface area contributed by atoms with Crippen molar-refractivity contribution in [1.82, 2.24) is 0 Å². The molecule has 0 heterocycles. The van der Waals surface area contributed by atoms with Gasteiger partial charge in [0.15, 0.2) is 0 Å². The third-order valence-electron chi connectivity index (χ3n) is 5.94. The number of aromatic hydroxyl groups is 1. The van der Waals surface area contributed by atoms with E-state index in [2.05, 4.69) is 25.1 Å². The molecule has 0 spiro atoms. The van der Waals surface area contributed by atoms with Crippen LogP contribution >= 0.6 is 0 Å². The van der Waals surface area contributed by atoms with Crippen LogP contribution in [-0.4, -0.2) is 16.5 Å². The summed E-state index contributed by atoms with van der Waals surface area (Å²) in [5, 5.41) is 22.1. The first kappa shape index (κ1) is 14.4. The normalized spacial score (nSPS) is 35.4. The van der Waals surface area contributed by atoms with Crippen LogP contribution in [0.4, 0.5) is 0 Å². The summed E-state index contributed by atoms with van der Waals surface area (Å²) in [6.07, 6.45) is 7.32. The van der Waals surface area contributed by atoms with E-state index < -0.39 is 0 Å². The quantitative estimate of drug-likeness (QED) is 0.483. The number of hydrogen-bond donors (Lipinski definition) is 2.